The molecule has 0 amide bonds. The lowest BCUT2D eigenvalue weighted by atomic mass is 10.1. The molecule has 0 radical (unpaired) electrons. The van der Waals surface area contributed by atoms with Gasteiger partial charge in [0.25, 0.3) is 0 Å². The van der Waals surface area contributed by atoms with Crippen molar-refractivity contribution in [3.63, 3.8) is 0 Å². The molecule has 1 aromatic carbocycles. The van der Waals surface area contributed by atoms with Crippen LogP contribution in [0.3, 0.4) is 0 Å². The number of pyridine rings is 1. The predicted octanol–water partition coefficient (Wildman–Crippen LogP) is 2.90. The lowest BCUT2D eigenvalue weighted by Gasteiger charge is -2.15. The Bertz CT molecular complexity index is 807. The molecule has 0 N–H and O–H groups in total. The molecular weight excluding hydrogens is 306 g/mol. The Hall–Kier alpha value is -2.56. The number of hydrogen-bond acceptors (Lipinski definition) is 4. The summed E-state index contributed by atoms with van der Waals surface area (Å²) in [6.45, 7) is 3.85. The fraction of sp³-hybridized carbons (Fsp3) is 0.368. The number of Topliss-reactive ketones (excluding diaryl/α,β-unsaturated/α-hetero) is 1. The average molecular weight is 327 g/mol. The van der Waals surface area contributed by atoms with Crippen molar-refractivity contribution in [2.45, 2.75) is 39.3 Å². The fourth-order valence-electron chi connectivity index (χ4n) is 2.68. The van der Waals surface area contributed by atoms with E-state index in [9.17, 15) is 9.59 Å². The zero-order valence-electron chi connectivity index (χ0n) is 14.2. The molecule has 1 aromatic heterocycles. The van der Waals surface area contributed by atoms with Crippen LogP contribution in [0.5, 0.6) is 11.5 Å². The van der Waals surface area contributed by atoms with E-state index in [2.05, 4.69) is 0 Å². The molecule has 1 aliphatic carbocycles. The minimum absolute atomic E-state index is 0.0341. The maximum Gasteiger partial charge on any atom is 0.182 e. The van der Waals surface area contributed by atoms with Gasteiger partial charge in [-0.1, -0.05) is 0 Å². The molecule has 1 fully saturated rings. The SMILES string of the molecule is COc1ccc(C(=O)Cn2c(C)cc(=O)cc2C)cc1OC1CC1. The molecule has 0 aliphatic heterocycles. The Morgan fingerprint density at radius 2 is 1.79 bits per heavy atom. The number of benzene rings is 1. The molecular formula is C19H21NO4. The van der Waals surface area contributed by atoms with Crippen LogP contribution in [0.1, 0.15) is 34.6 Å². The van der Waals surface area contributed by atoms with Gasteiger partial charge in [-0.15, -0.1) is 0 Å². The second kappa shape index (κ2) is 6.51. The van der Waals surface area contributed by atoms with Crippen molar-refractivity contribution >= 4 is 5.78 Å². The maximum absolute atomic E-state index is 12.7. The van der Waals surface area contributed by atoms with Crippen molar-refractivity contribution < 1.29 is 14.3 Å². The summed E-state index contributed by atoms with van der Waals surface area (Å²) in [4.78, 5) is 24.2. The van der Waals surface area contributed by atoms with Gasteiger partial charge < -0.3 is 14.0 Å². The van der Waals surface area contributed by atoms with E-state index >= 15 is 0 Å². The highest BCUT2D eigenvalue weighted by Crippen LogP contribution is 2.34. The normalized spacial score (nSPS) is 13.6. The smallest absolute Gasteiger partial charge is 0.182 e. The van der Waals surface area contributed by atoms with Crippen molar-refractivity contribution in [3.8, 4) is 11.5 Å². The highest BCUT2D eigenvalue weighted by molar-refractivity contribution is 5.96. The molecule has 0 saturated heterocycles. The minimum atomic E-state index is -0.0433. The van der Waals surface area contributed by atoms with Crippen LogP contribution in [0.15, 0.2) is 35.1 Å². The monoisotopic (exact) mass is 327 g/mol. The van der Waals surface area contributed by atoms with E-state index in [1.807, 2.05) is 18.4 Å². The largest absolute Gasteiger partial charge is 0.493 e. The molecule has 3 rings (SSSR count). The summed E-state index contributed by atoms with van der Waals surface area (Å²) in [6, 6.07) is 8.32. The van der Waals surface area contributed by atoms with Gasteiger partial charge in [-0.2, -0.15) is 0 Å². The van der Waals surface area contributed by atoms with Gasteiger partial charge in [0.2, 0.25) is 0 Å². The zero-order chi connectivity index (χ0) is 17.3. The van der Waals surface area contributed by atoms with Crippen LogP contribution in [-0.4, -0.2) is 23.6 Å². The number of carbonyl (C=O) groups excluding carboxylic acids is 1. The first-order chi connectivity index (χ1) is 11.5. The van der Waals surface area contributed by atoms with Crippen LogP contribution in [0.2, 0.25) is 0 Å². The molecule has 0 atom stereocenters. The lowest BCUT2D eigenvalue weighted by Crippen LogP contribution is -2.18. The predicted molar refractivity (Wildman–Crippen MR) is 91.2 cm³/mol. The summed E-state index contributed by atoms with van der Waals surface area (Å²) >= 11 is 0. The summed E-state index contributed by atoms with van der Waals surface area (Å²) < 4.78 is 13.0. The first-order valence-corrected chi connectivity index (χ1v) is 8.04. The Kier molecular flexibility index (Phi) is 4.42. The van der Waals surface area contributed by atoms with E-state index in [1.165, 1.54) is 12.1 Å². The van der Waals surface area contributed by atoms with Crippen molar-refractivity contribution in [1.29, 1.82) is 0 Å². The third-order valence-corrected chi connectivity index (χ3v) is 4.16. The van der Waals surface area contributed by atoms with Gasteiger partial charge >= 0.3 is 0 Å². The summed E-state index contributed by atoms with van der Waals surface area (Å²) in [5, 5.41) is 0. The van der Waals surface area contributed by atoms with E-state index in [0.717, 1.165) is 24.2 Å². The molecule has 1 heterocycles. The van der Waals surface area contributed by atoms with E-state index in [-0.39, 0.29) is 23.9 Å². The van der Waals surface area contributed by atoms with Crippen molar-refractivity contribution in [3.05, 3.63) is 57.5 Å². The van der Waals surface area contributed by atoms with E-state index in [1.54, 1.807) is 25.3 Å². The first kappa shape index (κ1) is 16.3. The highest BCUT2D eigenvalue weighted by atomic mass is 16.5. The summed E-state index contributed by atoms with van der Waals surface area (Å²) in [5.41, 5.74) is 2.08. The topological polar surface area (TPSA) is 57.5 Å². The van der Waals surface area contributed by atoms with Crippen molar-refractivity contribution in [2.24, 2.45) is 0 Å². The van der Waals surface area contributed by atoms with Gasteiger partial charge in [0.15, 0.2) is 22.7 Å². The Morgan fingerprint density at radius 3 is 2.38 bits per heavy atom. The van der Waals surface area contributed by atoms with Gasteiger partial charge in [0.1, 0.15) is 0 Å². The second-order valence-electron chi connectivity index (χ2n) is 6.17. The number of aryl methyl sites for hydroxylation is 2. The highest BCUT2D eigenvalue weighted by Gasteiger charge is 2.25. The maximum atomic E-state index is 12.7. The van der Waals surface area contributed by atoms with Crippen LogP contribution in [-0.2, 0) is 6.54 Å². The minimum Gasteiger partial charge on any atom is -0.493 e. The summed E-state index contributed by atoms with van der Waals surface area (Å²) in [6.07, 6.45) is 2.31. The number of carbonyl (C=O) groups is 1. The third-order valence-electron chi connectivity index (χ3n) is 4.16. The number of nitrogens with zero attached hydrogens (tertiary/aromatic N) is 1. The first-order valence-electron chi connectivity index (χ1n) is 8.04. The third kappa shape index (κ3) is 3.50. The van der Waals surface area contributed by atoms with Crippen LogP contribution >= 0.6 is 0 Å². The Balaban J connectivity index is 1.86. The van der Waals surface area contributed by atoms with Gasteiger partial charge in [-0.05, 0) is 44.9 Å². The zero-order valence-corrected chi connectivity index (χ0v) is 14.2. The van der Waals surface area contributed by atoms with Crippen LogP contribution in [0.4, 0.5) is 0 Å². The number of aromatic nitrogens is 1. The molecule has 1 saturated carbocycles. The number of methoxy groups -OCH3 is 1. The Labute approximate surface area is 140 Å². The fourth-order valence-corrected chi connectivity index (χ4v) is 2.68. The molecule has 126 valence electrons. The number of ketones is 1. The lowest BCUT2D eigenvalue weighted by molar-refractivity contribution is 0.0969. The molecule has 2 aromatic rings. The summed E-state index contributed by atoms with van der Waals surface area (Å²) in [7, 11) is 1.59. The quantitative estimate of drug-likeness (QED) is 0.766. The molecule has 0 bridgehead atoms. The summed E-state index contributed by atoms with van der Waals surface area (Å²) in [5.74, 6) is 1.21. The Morgan fingerprint density at radius 1 is 1.12 bits per heavy atom. The molecule has 0 spiro atoms. The van der Waals surface area contributed by atoms with E-state index in [4.69, 9.17) is 9.47 Å². The van der Waals surface area contributed by atoms with Crippen LogP contribution < -0.4 is 14.9 Å². The van der Waals surface area contributed by atoms with Crippen molar-refractivity contribution in [1.82, 2.24) is 4.57 Å². The van der Waals surface area contributed by atoms with E-state index in [0.29, 0.717) is 17.1 Å². The van der Waals surface area contributed by atoms with Gasteiger partial charge in [-0.3, -0.25) is 9.59 Å². The number of ether oxygens (including phenoxy) is 2. The number of hydrogen-bond donors (Lipinski definition) is 0. The van der Waals surface area contributed by atoms with Gasteiger partial charge in [0.05, 0.1) is 19.8 Å². The van der Waals surface area contributed by atoms with Gasteiger partial charge in [-0.25, -0.2) is 0 Å². The molecule has 1 aliphatic rings. The van der Waals surface area contributed by atoms with E-state index < -0.39 is 0 Å². The molecule has 0 unspecified atom stereocenters. The molecule has 24 heavy (non-hydrogen) atoms. The molecule has 5 heteroatoms. The average Bonchev–Trinajstić information content (AvgIpc) is 3.34. The van der Waals surface area contributed by atoms with Gasteiger partial charge in [0, 0.05) is 29.1 Å². The van der Waals surface area contributed by atoms with Crippen LogP contribution in [0, 0.1) is 13.8 Å². The standard InChI is InChI=1S/C19H21NO4/c1-12-8-15(21)9-13(2)20(12)11-17(22)14-4-7-18(23-3)19(10-14)24-16-5-6-16/h4,7-10,16H,5-6,11H2,1-3H3. The number of rotatable bonds is 6. The van der Waals surface area contributed by atoms with Crippen LogP contribution in [0.25, 0.3) is 0 Å². The molecule has 5 nitrogen and oxygen atoms in total. The van der Waals surface area contributed by atoms with Crippen molar-refractivity contribution in [2.75, 3.05) is 7.11 Å². The second-order valence-corrected chi connectivity index (χ2v) is 6.17.